The third kappa shape index (κ3) is 4.77. The molecule has 0 bridgehead atoms. The molecular weight excluding hydrogens is 606 g/mol. The molecule has 3 saturated heterocycles. The Morgan fingerprint density at radius 1 is 0.938 bits per heavy atom. The van der Waals surface area contributed by atoms with Gasteiger partial charge in [0.25, 0.3) is 0 Å². The van der Waals surface area contributed by atoms with Crippen LogP contribution in [0.4, 0.5) is 0 Å². The lowest BCUT2D eigenvalue weighted by Gasteiger charge is -2.63. The highest BCUT2D eigenvalue weighted by molar-refractivity contribution is 5.79. The minimum Gasteiger partial charge on any atom is -0.388 e. The van der Waals surface area contributed by atoms with Crippen molar-refractivity contribution >= 4 is 5.91 Å². The Labute approximate surface area is 289 Å². The van der Waals surface area contributed by atoms with Gasteiger partial charge in [-0.1, -0.05) is 34.6 Å². The smallest absolute Gasteiger partial charge is 0.226 e. The number of carbonyl (C=O) groups excluding carboxylic acids is 1. The van der Waals surface area contributed by atoms with Gasteiger partial charge in [0.2, 0.25) is 5.91 Å². The third-order valence-electron chi connectivity index (χ3n) is 17.0. The lowest BCUT2D eigenvalue weighted by molar-refractivity contribution is -0.247. The summed E-state index contributed by atoms with van der Waals surface area (Å²) < 4.78 is 25.4. The lowest BCUT2D eigenvalue weighted by Crippen LogP contribution is -2.59. The van der Waals surface area contributed by atoms with E-state index in [4.69, 9.17) is 18.9 Å². The Kier molecular flexibility index (Phi) is 8.13. The van der Waals surface area contributed by atoms with Gasteiger partial charge in [0.1, 0.15) is 6.10 Å². The Hall–Kier alpha value is -0.770. The van der Waals surface area contributed by atoms with Gasteiger partial charge in [0, 0.05) is 25.7 Å². The van der Waals surface area contributed by atoms with Crippen LogP contribution in [0.5, 0.6) is 0 Å². The molecule has 0 aromatic heterocycles. The molecule has 13 atom stereocenters. The lowest BCUT2D eigenvalue weighted by atomic mass is 9.41. The van der Waals surface area contributed by atoms with Crippen molar-refractivity contribution in [2.75, 3.05) is 32.9 Å². The molecule has 1 amide bonds. The fraction of sp³-hybridized carbons (Fsp3) is 0.975. The highest BCUT2D eigenvalue weighted by Crippen LogP contribution is 2.89. The van der Waals surface area contributed by atoms with Crippen molar-refractivity contribution in [3.8, 4) is 0 Å². The normalized spacial score (nSPS) is 50.7. The molecule has 8 fully saturated rings. The first kappa shape index (κ1) is 34.3. The first-order valence-corrected chi connectivity index (χ1v) is 19.8. The second-order valence-electron chi connectivity index (χ2n) is 19.7. The van der Waals surface area contributed by atoms with E-state index in [0.717, 1.165) is 32.1 Å². The third-order valence-corrected chi connectivity index (χ3v) is 17.0. The Morgan fingerprint density at radius 3 is 2.38 bits per heavy atom. The van der Waals surface area contributed by atoms with Crippen molar-refractivity contribution in [2.45, 2.75) is 155 Å². The predicted octanol–water partition coefficient (Wildman–Crippen LogP) is 5.96. The standard InChI is InChI=1S/C40H65NO7/c1-24-20-26(33(42)36(4,5)44)47-27-21-38(7)29-9-8-28-35(2,3)30(10-13-39(28)23-40(29,39)15-14-37(38,6)32(24)27)48-31-22-41(16-19-46-31)34(43)25-11-17-45-18-12-25/h24-33,42,44H,8-23H2,1-7H3/t24-,26?,27?,28?,29+,30+,31?,32?,33+,37-,38+,39?,40+/m1/s1. The average Bonchev–Trinajstić information content (AvgIpc) is 3.64. The van der Waals surface area contributed by atoms with E-state index in [9.17, 15) is 15.0 Å². The number of amides is 1. The number of morpholine rings is 1. The summed E-state index contributed by atoms with van der Waals surface area (Å²) in [6.07, 6.45) is 11.2. The van der Waals surface area contributed by atoms with E-state index in [1.165, 1.54) is 38.5 Å². The van der Waals surface area contributed by atoms with Gasteiger partial charge in [0.15, 0.2) is 6.29 Å². The van der Waals surface area contributed by atoms with Gasteiger partial charge in [0.05, 0.1) is 37.1 Å². The Balaban J connectivity index is 0.975. The summed E-state index contributed by atoms with van der Waals surface area (Å²) in [5, 5.41) is 21.7. The molecule has 8 heteroatoms. The number of hydrogen-bond donors (Lipinski definition) is 2. The molecule has 0 radical (unpaired) electrons. The molecule has 2 N–H and O–H groups in total. The number of hydrogen-bond acceptors (Lipinski definition) is 7. The van der Waals surface area contributed by atoms with Gasteiger partial charge in [-0.2, -0.15) is 0 Å². The predicted molar refractivity (Wildman–Crippen MR) is 182 cm³/mol. The summed E-state index contributed by atoms with van der Waals surface area (Å²) >= 11 is 0. The number of ether oxygens (including phenoxy) is 4. The monoisotopic (exact) mass is 671 g/mol. The maximum Gasteiger partial charge on any atom is 0.226 e. The van der Waals surface area contributed by atoms with E-state index in [2.05, 4.69) is 34.6 Å². The van der Waals surface area contributed by atoms with Crippen LogP contribution in [0.15, 0.2) is 0 Å². The van der Waals surface area contributed by atoms with Crippen molar-refractivity contribution in [3.63, 3.8) is 0 Å². The summed E-state index contributed by atoms with van der Waals surface area (Å²) in [7, 11) is 0. The van der Waals surface area contributed by atoms with Crippen LogP contribution in [0.3, 0.4) is 0 Å². The highest BCUT2D eigenvalue weighted by Gasteiger charge is 2.83. The number of aliphatic hydroxyl groups excluding tert-OH is 1. The van der Waals surface area contributed by atoms with E-state index >= 15 is 0 Å². The van der Waals surface area contributed by atoms with Crippen LogP contribution in [0.2, 0.25) is 0 Å². The van der Waals surface area contributed by atoms with Crippen LogP contribution in [0, 0.1) is 56.7 Å². The van der Waals surface area contributed by atoms with Crippen LogP contribution in [-0.2, 0) is 23.7 Å². The molecule has 6 unspecified atom stereocenters. The first-order valence-electron chi connectivity index (χ1n) is 19.8. The highest BCUT2D eigenvalue weighted by atomic mass is 16.7. The number of carbonyl (C=O) groups is 1. The molecule has 5 saturated carbocycles. The number of rotatable bonds is 5. The number of aliphatic hydroxyl groups is 2. The minimum absolute atomic E-state index is 0.0481. The summed E-state index contributed by atoms with van der Waals surface area (Å²) in [6.45, 7) is 19.1. The van der Waals surface area contributed by atoms with Crippen LogP contribution in [0.25, 0.3) is 0 Å². The molecular formula is C40H65NO7. The van der Waals surface area contributed by atoms with E-state index in [0.29, 0.717) is 67.4 Å². The Bertz CT molecular complexity index is 1260. The fourth-order valence-electron chi connectivity index (χ4n) is 14.5. The first-order chi connectivity index (χ1) is 22.6. The van der Waals surface area contributed by atoms with Gasteiger partial charge < -0.3 is 34.1 Å². The molecule has 2 spiro atoms. The van der Waals surface area contributed by atoms with Gasteiger partial charge in [-0.05, 0) is 135 Å². The van der Waals surface area contributed by atoms with Crippen LogP contribution in [-0.4, -0.2) is 90.2 Å². The SMILES string of the molecule is C[C@@H]1CC([C@H](O)C(C)(C)O)OC2C[C@@]3(C)[C@@H]4CCC5C(C)(C)[C@@H](OC6CN(C(=O)C7CCOCC7)CCO6)CCC56C[C@@]46CC[C@]3(C)C21. The quantitative estimate of drug-likeness (QED) is 0.373. The summed E-state index contributed by atoms with van der Waals surface area (Å²) in [6, 6.07) is 0. The molecule has 3 heterocycles. The fourth-order valence-corrected chi connectivity index (χ4v) is 14.5. The van der Waals surface area contributed by atoms with Crippen LogP contribution < -0.4 is 0 Å². The zero-order valence-electron chi connectivity index (χ0n) is 31.0. The molecule has 0 aromatic carbocycles. The maximum atomic E-state index is 13.3. The minimum atomic E-state index is -1.17. The van der Waals surface area contributed by atoms with Gasteiger partial charge >= 0.3 is 0 Å². The molecule has 8 nitrogen and oxygen atoms in total. The molecule has 3 aliphatic heterocycles. The molecule has 8 rings (SSSR count). The zero-order valence-corrected chi connectivity index (χ0v) is 31.0. The van der Waals surface area contributed by atoms with Crippen LogP contribution >= 0.6 is 0 Å². The second kappa shape index (κ2) is 11.4. The van der Waals surface area contributed by atoms with Gasteiger partial charge in [-0.3, -0.25) is 4.79 Å². The molecule has 48 heavy (non-hydrogen) atoms. The van der Waals surface area contributed by atoms with Crippen LogP contribution in [0.1, 0.15) is 119 Å². The summed E-state index contributed by atoms with van der Waals surface area (Å²) in [5.74, 6) is 2.64. The van der Waals surface area contributed by atoms with Crippen molar-refractivity contribution in [1.29, 1.82) is 0 Å². The average molecular weight is 672 g/mol. The second-order valence-corrected chi connectivity index (χ2v) is 19.7. The summed E-state index contributed by atoms with van der Waals surface area (Å²) in [4.78, 5) is 15.3. The van der Waals surface area contributed by atoms with E-state index < -0.39 is 11.7 Å². The number of nitrogens with zero attached hydrogens (tertiary/aromatic N) is 1. The van der Waals surface area contributed by atoms with Gasteiger partial charge in [-0.15, -0.1) is 0 Å². The molecule has 5 aliphatic carbocycles. The number of fused-ring (bicyclic) bond motifs is 4. The van der Waals surface area contributed by atoms with Crippen molar-refractivity contribution in [1.82, 2.24) is 4.90 Å². The van der Waals surface area contributed by atoms with Crippen molar-refractivity contribution < 1.29 is 34.0 Å². The molecule has 0 aromatic rings. The zero-order chi connectivity index (χ0) is 34.1. The van der Waals surface area contributed by atoms with E-state index in [1.54, 1.807) is 13.8 Å². The summed E-state index contributed by atoms with van der Waals surface area (Å²) in [5.41, 5.74) is 0.152. The van der Waals surface area contributed by atoms with E-state index in [1.807, 2.05) is 4.90 Å². The molecule has 8 aliphatic rings. The van der Waals surface area contributed by atoms with E-state index in [-0.39, 0.29) is 52.7 Å². The van der Waals surface area contributed by atoms with Gasteiger partial charge in [-0.25, -0.2) is 0 Å². The van der Waals surface area contributed by atoms with Crippen molar-refractivity contribution in [2.24, 2.45) is 56.7 Å². The largest absolute Gasteiger partial charge is 0.388 e. The van der Waals surface area contributed by atoms with Crippen molar-refractivity contribution in [3.05, 3.63) is 0 Å². The topological polar surface area (TPSA) is 97.7 Å². The molecule has 272 valence electrons. The maximum absolute atomic E-state index is 13.3. The Morgan fingerprint density at radius 2 is 1.65 bits per heavy atom.